The van der Waals surface area contributed by atoms with Gasteiger partial charge in [-0.25, -0.2) is 5.84 Å². The van der Waals surface area contributed by atoms with Gasteiger partial charge in [0.1, 0.15) is 5.75 Å². The highest BCUT2D eigenvalue weighted by Gasteiger charge is 2.52. The van der Waals surface area contributed by atoms with Crippen LogP contribution in [-0.2, 0) is 4.79 Å². The quantitative estimate of drug-likeness (QED) is 0.231. The molecule has 6 nitrogen and oxygen atoms in total. The molecule has 0 spiro atoms. The highest BCUT2D eigenvalue weighted by Crippen LogP contribution is 2.34. The number of hydrogen-bond acceptors (Lipinski definition) is 4. The minimum atomic E-state index is -4.07. The molecule has 11 heteroatoms. The smallest absolute Gasteiger partial charge is 0.484 e. The number of benzene rings is 1. The van der Waals surface area contributed by atoms with E-state index in [0.717, 1.165) is 19.4 Å². The topological polar surface area (TPSA) is 72.3 Å². The minimum Gasteiger partial charge on any atom is -0.484 e. The second-order valence-electron chi connectivity index (χ2n) is 7.54. The van der Waals surface area contributed by atoms with Gasteiger partial charge in [-0.1, -0.05) is 24.3 Å². The van der Waals surface area contributed by atoms with Crippen LogP contribution in [0.25, 0.3) is 18.2 Å². The van der Waals surface area contributed by atoms with Crippen molar-refractivity contribution >= 4 is 60.6 Å². The summed E-state index contributed by atoms with van der Waals surface area (Å²) in [5.41, 5.74) is 4.66. The molecule has 0 saturated heterocycles. The van der Waals surface area contributed by atoms with Gasteiger partial charge in [0.2, 0.25) is 0 Å². The van der Waals surface area contributed by atoms with Crippen molar-refractivity contribution in [2.75, 3.05) is 6.61 Å². The summed E-state index contributed by atoms with van der Waals surface area (Å²) in [5, 5.41) is 1.88. The predicted octanol–water partition coefficient (Wildman–Crippen LogP) is 4.16. The highest BCUT2D eigenvalue weighted by atomic mass is 35.5. The van der Waals surface area contributed by atoms with Gasteiger partial charge in [-0.05, 0) is 47.4 Å². The Labute approximate surface area is 204 Å². The maximum atomic E-state index is 15.8. The van der Waals surface area contributed by atoms with E-state index in [9.17, 15) is 4.79 Å². The van der Waals surface area contributed by atoms with Gasteiger partial charge in [-0.3, -0.25) is 10.2 Å². The van der Waals surface area contributed by atoms with Gasteiger partial charge in [-0.15, -0.1) is 23.7 Å². The van der Waals surface area contributed by atoms with Gasteiger partial charge in [0.25, 0.3) is 5.91 Å². The molecular weight excluding hydrogens is 481 g/mol. The lowest BCUT2D eigenvalue weighted by molar-refractivity contribution is -0.360. The molecular formula is C23H20BClF2N4O2S. The first-order valence-electron chi connectivity index (χ1n) is 10.2. The van der Waals surface area contributed by atoms with Crippen LogP contribution in [0.2, 0.25) is 0 Å². The first-order chi connectivity index (χ1) is 16.0. The number of rotatable bonds is 6. The lowest BCUT2D eigenvalue weighted by Gasteiger charge is -2.30. The largest absolute Gasteiger partial charge is 0.737 e. The van der Waals surface area contributed by atoms with Crippen LogP contribution < -0.4 is 16.0 Å². The van der Waals surface area contributed by atoms with E-state index in [1.165, 1.54) is 11.3 Å². The Morgan fingerprint density at radius 3 is 2.65 bits per heavy atom. The van der Waals surface area contributed by atoms with E-state index >= 15 is 8.63 Å². The molecule has 1 aromatic carbocycles. The zero-order valence-electron chi connectivity index (χ0n) is 17.7. The van der Waals surface area contributed by atoms with Crippen molar-refractivity contribution in [1.29, 1.82) is 0 Å². The number of nitrogens with zero attached hydrogens (tertiary/aromatic N) is 2. The van der Waals surface area contributed by atoms with Gasteiger partial charge < -0.3 is 22.3 Å². The Hall–Kier alpha value is -3.47. The summed E-state index contributed by atoms with van der Waals surface area (Å²) in [6.07, 6.45) is 8.69. The van der Waals surface area contributed by atoms with E-state index in [0.29, 0.717) is 28.5 Å². The fourth-order valence-electron chi connectivity index (χ4n) is 3.96. The Morgan fingerprint density at radius 1 is 1.15 bits per heavy atom. The third-order valence-corrected chi connectivity index (χ3v) is 6.37. The van der Waals surface area contributed by atoms with Crippen LogP contribution in [-0.4, -0.2) is 34.2 Å². The van der Waals surface area contributed by atoms with Gasteiger partial charge >= 0.3 is 6.97 Å². The number of fused-ring (bicyclic) bond motifs is 2. The number of aromatic nitrogens is 1. The van der Waals surface area contributed by atoms with E-state index < -0.39 is 12.9 Å². The lowest BCUT2D eigenvalue weighted by atomic mass is 9.90. The molecule has 2 aromatic heterocycles. The maximum absolute atomic E-state index is 15.8. The molecule has 0 saturated carbocycles. The molecule has 2 aliphatic heterocycles. The fourth-order valence-corrected chi connectivity index (χ4v) is 4.71. The number of allylic oxidation sites excluding steroid dienone is 2. The van der Waals surface area contributed by atoms with Crippen molar-refractivity contribution in [3.63, 3.8) is 0 Å². The van der Waals surface area contributed by atoms with Crippen LogP contribution in [0.3, 0.4) is 0 Å². The lowest BCUT2D eigenvalue weighted by Crippen LogP contribution is -2.50. The number of ether oxygens (including phenoxy) is 1. The number of nitrogens with one attached hydrogen (secondary N) is 1. The molecule has 0 unspecified atom stereocenters. The molecule has 1 amide bonds. The van der Waals surface area contributed by atoms with E-state index in [2.05, 4.69) is 0 Å². The van der Waals surface area contributed by atoms with Crippen molar-refractivity contribution in [2.45, 2.75) is 0 Å². The number of hydrogen-bond donors (Lipinski definition) is 2. The predicted molar refractivity (Wildman–Crippen MR) is 134 cm³/mol. The Morgan fingerprint density at radius 2 is 1.94 bits per heavy atom. The molecule has 0 aliphatic carbocycles. The first kappa shape index (κ1) is 23.7. The van der Waals surface area contributed by atoms with Crippen LogP contribution >= 0.6 is 23.7 Å². The van der Waals surface area contributed by atoms with Gasteiger partial charge in [0.05, 0.1) is 4.88 Å². The number of halogens is 3. The van der Waals surface area contributed by atoms with E-state index in [4.69, 9.17) is 10.6 Å². The third-order valence-electron chi connectivity index (χ3n) is 5.48. The average Bonchev–Trinajstić information content (AvgIpc) is 3.56. The van der Waals surface area contributed by atoms with Crippen molar-refractivity contribution in [1.82, 2.24) is 9.90 Å². The second kappa shape index (κ2) is 9.42. The SMILES string of the molecule is Cl.NNC(=O)COc1ccc(/C=C/c2ccc3n2[B-](F)(F)[N+]2=C(c4cccs4)C=CC2=C3)cc1. The van der Waals surface area contributed by atoms with Crippen LogP contribution in [0.1, 0.15) is 21.8 Å². The number of thiophene rings is 1. The number of amides is 1. The van der Waals surface area contributed by atoms with Gasteiger partial charge in [0.15, 0.2) is 18.0 Å². The normalized spacial score (nSPS) is 15.6. The number of nitrogens with two attached hydrogens (primary N) is 1. The summed E-state index contributed by atoms with van der Waals surface area (Å²) >= 11 is 1.44. The van der Waals surface area contributed by atoms with Crippen LogP contribution in [0.5, 0.6) is 5.75 Å². The number of hydrazine groups is 1. The molecule has 3 N–H and O–H groups in total. The Balaban J connectivity index is 0.00000274. The molecule has 174 valence electrons. The summed E-state index contributed by atoms with van der Waals surface area (Å²) in [6, 6.07) is 14.1. The van der Waals surface area contributed by atoms with Crippen molar-refractivity contribution in [2.24, 2.45) is 5.84 Å². The highest BCUT2D eigenvalue weighted by molar-refractivity contribution is 7.12. The van der Waals surface area contributed by atoms with Crippen molar-refractivity contribution < 1.29 is 22.6 Å². The van der Waals surface area contributed by atoms with E-state index in [-0.39, 0.29) is 19.0 Å². The van der Waals surface area contributed by atoms with E-state index in [1.54, 1.807) is 66.8 Å². The van der Waals surface area contributed by atoms with E-state index in [1.807, 2.05) is 22.9 Å². The molecule has 0 bridgehead atoms. The average molecular weight is 501 g/mol. The minimum absolute atomic E-state index is 0. The van der Waals surface area contributed by atoms with Crippen molar-refractivity contribution in [3.05, 3.63) is 93.6 Å². The van der Waals surface area contributed by atoms with Gasteiger partial charge in [-0.2, -0.15) is 0 Å². The monoisotopic (exact) mass is 500 g/mol. The summed E-state index contributed by atoms with van der Waals surface area (Å²) in [4.78, 5) is 12.0. The molecule has 0 atom stereocenters. The fraction of sp³-hybridized carbons (Fsp3) is 0.0435. The van der Waals surface area contributed by atoms with Crippen LogP contribution in [0, 0.1) is 0 Å². The summed E-state index contributed by atoms with van der Waals surface area (Å²) in [6.45, 7) is -4.26. The number of carbonyl (C=O) groups is 1. The molecule has 3 aromatic rings. The standard InChI is InChI=1S/C23H19BF2N4O2S.ClH/c25-24(26)29-17(6-3-16-4-10-20(11-5-16)32-15-23(31)28-27)7-8-18(29)14-19-9-12-21(30(19)24)22-2-1-13-33-22;/h1-14H,15,27H2,(H,28,31);1H/b6-3+;. The number of carbonyl (C=O) groups excluding carboxylic acids is 1. The maximum Gasteiger partial charge on any atom is 0.737 e. The van der Waals surface area contributed by atoms with Crippen LogP contribution in [0.4, 0.5) is 8.63 Å². The summed E-state index contributed by atoms with van der Waals surface area (Å²) in [7, 11) is 0. The second-order valence-corrected chi connectivity index (χ2v) is 8.48. The summed E-state index contributed by atoms with van der Waals surface area (Å²) in [5.74, 6) is 5.08. The van der Waals surface area contributed by atoms with Crippen molar-refractivity contribution in [3.8, 4) is 5.75 Å². The molecule has 0 radical (unpaired) electrons. The van der Waals surface area contributed by atoms with Gasteiger partial charge in [0, 0.05) is 29.6 Å². The van der Waals surface area contributed by atoms with Crippen LogP contribution in [0.15, 0.2) is 71.8 Å². The summed E-state index contributed by atoms with van der Waals surface area (Å²) < 4.78 is 39.2. The molecule has 2 aliphatic rings. The molecule has 4 heterocycles. The molecule has 0 fully saturated rings. The molecule has 5 rings (SSSR count). The third kappa shape index (κ3) is 4.23. The zero-order valence-corrected chi connectivity index (χ0v) is 19.4. The first-order valence-corrected chi connectivity index (χ1v) is 11.1. The Kier molecular flexibility index (Phi) is 6.56. The molecule has 34 heavy (non-hydrogen) atoms. The zero-order chi connectivity index (χ0) is 23.0. The Bertz CT molecular complexity index is 1350.